The number of benzene rings is 1. The van der Waals surface area contributed by atoms with Crippen LogP contribution in [0.2, 0.25) is 0 Å². The van der Waals surface area contributed by atoms with Crippen molar-refractivity contribution in [3.63, 3.8) is 0 Å². The molecule has 4 aliphatic rings. The molecule has 2 aliphatic carbocycles. The lowest BCUT2D eigenvalue weighted by Crippen LogP contribution is -2.67. The molecule has 31 heavy (non-hydrogen) atoms. The summed E-state index contributed by atoms with van der Waals surface area (Å²) in [7, 11) is 0. The van der Waals surface area contributed by atoms with Crippen molar-refractivity contribution in [2.75, 3.05) is 19.7 Å². The highest BCUT2D eigenvalue weighted by Crippen LogP contribution is 2.68. The zero-order valence-electron chi connectivity index (χ0n) is 17.8. The molecule has 2 atom stereocenters. The number of carbonyl (C=O) groups is 1. The van der Waals surface area contributed by atoms with Crippen molar-refractivity contribution in [3.8, 4) is 11.3 Å². The van der Waals surface area contributed by atoms with Gasteiger partial charge in [0.25, 0.3) is 0 Å². The second-order valence-corrected chi connectivity index (χ2v) is 10.1. The van der Waals surface area contributed by atoms with E-state index in [1.807, 2.05) is 4.90 Å². The number of fused-ring (bicyclic) bond motifs is 5. The van der Waals surface area contributed by atoms with E-state index >= 15 is 0 Å². The van der Waals surface area contributed by atoms with Crippen LogP contribution in [0.5, 0.6) is 0 Å². The summed E-state index contributed by atoms with van der Waals surface area (Å²) in [5, 5.41) is 8.66. The van der Waals surface area contributed by atoms with Crippen molar-refractivity contribution in [3.05, 3.63) is 47.2 Å². The molecule has 1 spiro atoms. The summed E-state index contributed by atoms with van der Waals surface area (Å²) >= 11 is 0. The van der Waals surface area contributed by atoms with E-state index in [-0.39, 0.29) is 34.1 Å². The number of likely N-dealkylation sites (tertiary alicyclic amines) is 1. The average molecular weight is 425 g/mol. The molecule has 1 aromatic carbocycles. The summed E-state index contributed by atoms with van der Waals surface area (Å²) in [6.07, 6.45) is 3.63. The molecule has 2 saturated heterocycles. The Balaban J connectivity index is 1.41. The molecule has 6 rings (SSSR count). The first-order valence-electron chi connectivity index (χ1n) is 11.0. The van der Waals surface area contributed by atoms with Gasteiger partial charge in [-0.15, -0.1) is 5.10 Å². The van der Waals surface area contributed by atoms with Crippen molar-refractivity contribution in [2.45, 2.75) is 56.5 Å². The van der Waals surface area contributed by atoms with Crippen molar-refractivity contribution >= 4 is 5.91 Å². The molecule has 3 fully saturated rings. The van der Waals surface area contributed by atoms with Crippen LogP contribution in [0.25, 0.3) is 11.3 Å². The van der Waals surface area contributed by atoms with Gasteiger partial charge in [-0.1, -0.05) is 19.9 Å². The molecular weight excluding hydrogens is 400 g/mol. The van der Waals surface area contributed by atoms with Gasteiger partial charge in [-0.25, -0.2) is 8.78 Å². The number of aromatic nitrogens is 2. The van der Waals surface area contributed by atoms with Crippen molar-refractivity contribution in [1.29, 1.82) is 0 Å². The van der Waals surface area contributed by atoms with Crippen LogP contribution in [-0.4, -0.2) is 46.3 Å². The van der Waals surface area contributed by atoms with Crippen LogP contribution in [-0.2, 0) is 14.9 Å². The molecule has 1 amide bonds. The third kappa shape index (κ3) is 2.30. The average Bonchev–Trinajstić information content (AvgIpc) is 3.35. The van der Waals surface area contributed by atoms with E-state index in [2.05, 4.69) is 24.0 Å². The molecule has 7 heteroatoms. The lowest BCUT2D eigenvalue weighted by atomic mass is 9.66. The maximum absolute atomic E-state index is 14.4. The zero-order chi connectivity index (χ0) is 21.6. The second kappa shape index (κ2) is 6.09. The summed E-state index contributed by atoms with van der Waals surface area (Å²) in [5.74, 6) is -1.12. The molecule has 0 radical (unpaired) electrons. The van der Waals surface area contributed by atoms with E-state index in [1.54, 1.807) is 6.07 Å². The minimum atomic E-state index is -0.744. The molecule has 2 bridgehead atoms. The summed E-state index contributed by atoms with van der Waals surface area (Å²) in [6.45, 7) is 6.28. The Morgan fingerprint density at radius 2 is 1.90 bits per heavy atom. The zero-order valence-corrected chi connectivity index (χ0v) is 17.8. The van der Waals surface area contributed by atoms with Crippen LogP contribution in [0.1, 0.15) is 56.7 Å². The fourth-order valence-electron chi connectivity index (χ4n) is 6.73. The fraction of sp³-hybridized carbons (Fsp3) is 0.542. The number of hydrogen-bond acceptors (Lipinski definition) is 4. The first kappa shape index (κ1) is 19.3. The Bertz CT molecular complexity index is 1080. The number of ether oxygens (including phenoxy) is 1. The van der Waals surface area contributed by atoms with E-state index in [1.165, 1.54) is 18.2 Å². The summed E-state index contributed by atoms with van der Waals surface area (Å²) in [5.41, 5.74) is 0.370. The Labute approximate surface area is 179 Å². The van der Waals surface area contributed by atoms with Gasteiger partial charge in [-0.2, -0.15) is 5.10 Å². The smallest absolute Gasteiger partial charge is 0.235 e. The summed E-state index contributed by atoms with van der Waals surface area (Å²) in [4.78, 5) is 15.8. The molecular formula is C24H25F2N3O2. The summed E-state index contributed by atoms with van der Waals surface area (Å²) < 4.78 is 34.6. The molecule has 162 valence electrons. The van der Waals surface area contributed by atoms with Gasteiger partial charge >= 0.3 is 0 Å². The fourth-order valence-corrected chi connectivity index (χ4v) is 6.73. The molecule has 1 aromatic heterocycles. The predicted molar refractivity (Wildman–Crippen MR) is 109 cm³/mol. The predicted octanol–water partition coefficient (Wildman–Crippen LogP) is 3.97. The normalized spacial score (nSPS) is 29.3. The van der Waals surface area contributed by atoms with Gasteiger partial charge in [0.1, 0.15) is 17.2 Å². The molecule has 1 saturated carbocycles. The maximum Gasteiger partial charge on any atom is 0.235 e. The van der Waals surface area contributed by atoms with Crippen LogP contribution in [0.4, 0.5) is 8.78 Å². The maximum atomic E-state index is 14.4. The molecule has 0 N–H and O–H groups in total. The first-order chi connectivity index (χ1) is 14.8. The lowest BCUT2D eigenvalue weighted by molar-refractivity contribution is -0.166. The van der Waals surface area contributed by atoms with Gasteiger partial charge in [0.2, 0.25) is 5.91 Å². The molecule has 3 heterocycles. The van der Waals surface area contributed by atoms with E-state index in [0.29, 0.717) is 18.8 Å². The quantitative estimate of drug-likeness (QED) is 0.731. The van der Waals surface area contributed by atoms with Crippen LogP contribution in [0.15, 0.2) is 24.3 Å². The minimum Gasteiger partial charge on any atom is -0.371 e. The molecule has 5 nitrogen and oxygen atoms in total. The molecule has 0 unspecified atom stereocenters. The van der Waals surface area contributed by atoms with Crippen molar-refractivity contribution < 1.29 is 18.3 Å². The topological polar surface area (TPSA) is 55.3 Å². The molecule has 2 aromatic rings. The SMILES string of the molecule is CC1(C)[C@@H]2CC[C@@]1(C(=O)N1CC3(CCCO3)C1)c1nnc(-c3c(F)cccc3F)cc12. The summed E-state index contributed by atoms with van der Waals surface area (Å²) in [6, 6.07) is 5.53. The van der Waals surface area contributed by atoms with E-state index in [9.17, 15) is 13.6 Å². The van der Waals surface area contributed by atoms with Crippen molar-refractivity contribution in [2.24, 2.45) is 5.41 Å². The van der Waals surface area contributed by atoms with Gasteiger partial charge < -0.3 is 9.64 Å². The van der Waals surface area contributed by atoms with Crippen LogP contribution in [0.3, 0.4) is 0 Å². The molecule has 2 aliphatic heterocycles. The highest BCUT2D eigenvalue weighted by Gasteiger charge is 2.69. The monoisotopic (exact) mass is 425 g/mol. The third-order valence-electron chi connectivity index (χ3n) is 8.40. The first-order valence-corrected chi connectivity index (χ1v) is 11.0. The van der Waals surface area contributed by atoms with Crippen LogP contribution < -0.4 is 0 Å². The highest BCUT2D eigenvalue weighted by atomic mass is 19.1. The second-order valence-electron chi connectivity index (χ2n) is 10.1. The number of halogens is 2. The van der Waals surface area contributed by atoms with Gasteiger partial charge in [0, 0.05) is 6.61 Å². The standard InChI is InChI=1S/C24H25F2N3O2/c1-22(2)15-7-9-24(22,21(30)29-12-23(13-29)8-4-10-31-23)20-14(15)11-18(27-28-20)19-16(25)5-3-6-17(19)26/h3,5-6,11,15H,4,7-10,12-13H2,1-2H3/t15-,24+/m1/s1. The third-order valence-corrected chi connectivity index (χ3v) is 8.40. The lowest BCUT2D eigenvalue weighted by Gasteiger charge is -2.51. The number of amides is 1. The number of carbonyl (C=O) groups excluding carboxylic acids is 1. The van der Waals surface area contributed by atoms with E-state index in [4.69, 9.17) is 4.74 Å². The Morgan fingerprint density at radius 1 is 1.16 bits per heavy atom. The van der Waals surface area contributed by atoms with Crippen LogP contribution in [0, 0.1) is 17.0 Å². The highest BCUT2D eigenvalue weighted by molar-refractivity contribution is 5.92. The number of rotatable bonds is 2. The number of hydrogen-bond donors (Lipinski definition) is 0. The number of nitrogens with zero attached hydrogens (tertiary/aromatic N) is 3. The van der Waals surface area contributed by atoms with E-state index in [0.717, 1.165) is 37.9 Å². The van der Waals surface area contributed by atoms with E-state index < -0.39 is 17.0 Å². The Hall–Kier alpha value is -2.41. The van der Waals surface area contributed by atoms with Crippen LogP contribution >= 0.6 is 0 Å². The van der Waals surface area contributed by atoms with Gasteiger partial charge in [0.05, 0.1) is 35.5 Å². The van der Waals surface area contributed by atoms with Gasteiger partial charge in [0.15, 0.2) is 0 Å². The Kier molecular flexibility index (Phi) is 3.79. The van der Waals surface area contributed by atoms with Crippen molar-refractivity contribution in [1.82, 2.24) is 15.1 Å². The Morgan fingerprint density at radius 3 is 2.58 bits per heavy atom. The minimum absolute atomic E-state index is 0.0963. The van der Waals surface area contributed by atoms with Gasteiger partial charge in [-0.05, 0) is 60.8 Å². The largest absolute Gasteiger partial charge is 0.371 e. The van der Waals surface area contributed by atoms with Gasteiger partial charge in [-0.3, -0.25) is 4.79 Å².